The van der Waals surface area contributed by atoms with E-state index in [0.29, 0.717) is 17.2 Å². The van der Waals surface area contributed by atoms with Crippen LogP contribution in [-0.2, 0) is 13.1 Å². The van der Waals surface area contributed by atoms with Gasteiger partial charge in [0.05, 0.1) is 12.0 Å². The highest BCUT2D eigenvalue weighted by Crippen LogP contribution is 2.24. The van der Waals surface area contributed by atoms with Gasteiger partial charge in [-0.1, -0.05) is 11.6 Å². The minimum absolute atomic E-state index is 0.560. The topological polar surface area (TPSA) is 21.1 Å². The molecule has 0 amide bonds. The van der Waals surface area contributed by atoms with Crippen molar-refractivity contribution in [3.8, 4) is 0 Å². The number of aromatic nitrogens is 2. The Balaban J connectivity index is 2.29. The summed E-state index contributed by atoms with van der Waals surface area (Å²) in [5.41, 5.74) is 1.15. The minimum Gasteiger partial charge on any atom is -0.331 e. The van der Waals surface area contributed by atoms with Crippen LogP contribution in [0.5, 0.6) is 0 Å². The van der Waals surface area contributed by atoms with Crippen molar-refractivity contribution in [3.63, 3.8) is 0 Å². The van der Waals surface area contributed by atoms with Gasteiger partial charge in [-0.05, 0) is 20.8 Å². The van der Waals surface area contributed by atoms with Crippen LogP contribution in [0.3, 0.4) is 0 Å². The summed E-state index contributed by atoms with van der Waals surface area (Å²) in [6.45, 7) is 8.59. The van der Waals surface area contributed by atoms with Gasteiger partial charge in [0.15, 0.2) is 5.15 Å². The van der Waals surface area contributed by atoms with E-state index in [1.54, 1.807) is 0 Å². The van der Waals surface area contributed by atoms with Crippen molar-refractivity contribution < 1.29 is 0 Å². The van der Waals surface area contributed by atoms with E-state index in [-0.39, 0.29) is 0 Å². The molecule has 14 heavy (non-hydrogen) atoms. The Kier molecular flexibility index (Phi) is 2.54. The van der Waals surface area contributed by atoms with E-state index >= 15 is 0 Å². The summed E-state index contributed by atoms with van der Waals surface area (Å²) in [6.07, 6.45) is 1.84. The molecule has 4 heteroatoms. The first-order valence-electron chi connectivity index (χ1n) is 5.05. The molecule has 0 aromatic carbocycles. The van der Waals surface area contributed by atoms with Gasteiger partial charge in [0.1, 0.15) is 0 Å². The Morgan fingerprint density at radius 1 is 1.57 bits per heavy atom. The van der Waals surface area contributed by atoms with Crippen LogP contribution in [0.15, 0.2) is 6.33 Å². The van der Waals surface area contributed by atoms with Gasteiger partial charge >= 0.3 is 0 Å². The molecule has 1 aromatic rings. The average molecular weight is 214 g/mol. The lowest BCUT2D eigenvalue weighted by Crippen LogP contribution is -2.44. The Morgan fingerprint density at radius 3 is 2.93 bits per heavy atom. The van der Waals surface area contributed by atoms with E-state index in [2.05, 4.69) is 35.2 Å². The molecule has 1 aromatic heterocycles. The third kappa shape index (κ3) is 1.55. The summed E-state index contributed by atoms with van der Waals surface area (Å²) in [7, 11) is 0. The number of hydrogen-bond donors (Lipinski definition) is 0. The van der Waals surface area contributed by atoms with Crippen molar-refractivity contribution in [1.82, 2.24) is 14.5 Å². The van der Waals surface area contributed by atoms with Crippen LogP contribution in [0.1, 0.15) is 26.5 Å². The van der Waals surface area contributed by atoms with Gasteiger partial charge < -0.3 is 4.57 Å². The van der Waals surface area contributed by atoms with Crippen molar-refractivity contribution in [2.24, 2.45) is 0 Å². The van der Waals surface area contributed by atoms with Gasteiger partial charge in [-0.25, -0.2) is 4.98 Å². The normalized spacial score (nSPS) is 22.8. The molecule has 0 N–H and O–H groups in total. The largest absolute Gasteiger partial charge is 0.331 e. The van der Waals surface area contributed by atoms with Crippen LogP contribution in [0.25, 0.3) is 0 Å². The maximum Gasteiger partial charge on any atom is 0.151 e. The second-order valence-corrected chi connectivity index (χ2v) is 4.61. The molecule has 0 aliphatic carbocycles. The Morgan fingerprint density at radius 2 is 2.29 bits per heavy atom. The van der Waals surface area contributed by atoms with E-state index in [9.17, 15) is 0 Å². The highest BCUT2D eigenvalue weighted by atomic mass is 35.5. The van der Waals surface area contributed by atoms with E-state index in [1.165, 1.54) is 0 Å². The predicted octanol–water partition coefficient (Wildman–Crippen LogP) is 2.15. The number of hydrogen-bond acceptors (Lipinski definition) is 2. The summed E-state index contributed by atoms with van der Waals surface area (Å²) in [5, 5.41) is 0.655. The van der Waals surface area contributed by atoms with Crippen LogP contribution < -0.4 is 0 Å². The highest BCUT2D eigenvalue weighted by Gasteiger charge is 2.26. The molecule has 78 valence electrons. The second-order valence-electron chi connectivity index (χ2n) is 4.25. The number of imidazole rings is 1. The van der Waals surface area contributed by atoms with Gasteiger partial charge in [0.2, 0.25) is 0 Å². The first-order chi connectivity index (χ1) is 6.59. The molecular formula is C10H16ClN3. The highest BCUT2D eigenvalue weighted by molar-refractivity contribution is 6.30. The summed E-state index contributed by atoms with van der Waals surface area (Å²) < 4.78 is 2.16. The molecule has 0 saturated carbocycles. The number of halogens is 1. The fraction of sp³-hybridized carbons (Fsp3) is 0.700. The van der Waals surface area contributed by atoms with Crippen LogP contribution in [-0.4, -0.2) is 26.5 Å². The molecule has 0 saturated heterocycles. The van der Waals surface area contributed by atoms with Gasteiger partial charge in [-0.2, -0.15) is 0 Å². The van der Waals surface area contributed by atoms with Crippen molar-refractivity contribution in [2.45, 2.75) is 45.9 Å². The lowest BCUT2D eigenvalue weighted by atomic mass is 10.1. The molecule has 1 aliphatic rings. The Hall–Kier alpha value is -0.540. The monoisotopic (exact) mass is 213 g/mol. The van der Waals surface area contributed by atoms with E-state index in [4.69, 9.17) is 11.6 Å². The molecule has 0 fully saturated rings. The number of fused-ring (bicyclic) bond motifs is 1. The fourth-order valence-corrected chi connectivity index (χ4v) is 2.32. The van der Waals surface area contributed by atoms with Gasteiger partial charge in [-0.3, -0.25) is 4.90 Å². The van der Waals surface area contributed by atoms with E-state index in [1.807, 2.05) is 6.33 Å². The molecule has 2 heterocycles. The average Bonchev–Trinajstić information content (AvgIpc) is 2.46. The second kappa shape index (κ2) is 3.55. The molecule has 3 nitrogen and oxygen atoms in total. The maximum atomic E-state index is 6.02. The standard InChI is InChI=1S/C10H16ClN3/c1-7(2)14-5-9-10(11)12-6-13(9)4-8(14)3/h6-8H,4-5H2,1-3H3/t8-/m1/s1. The molecule has 2 rings (SSSR count). The molecule has 0 unspecified atom stereocenters. The van der Waals surface area contributed by atoms with Gasteiger partial charge in [0, 0.05) is 25.2 Å². The number of nitrogens with zero attached hydrogens (tertiary/aromatic N) is 3. The third-order valence-electron chi connectivity index (χ3n) is 2.92. The van der Waals surface area contributed by atoms with Crippen molar-refractivity contribution >= 4 is 11.6 Å². The van der Waals surface area contributed by atoms with Gasteiger partial charge in [-0.15, -0.1) is 0 Å². The maximum absolute atomic E-state index is 6.02. The molecule has 1 aliphatic heterocycles. The van der Waals surface area contributed by atoms with E-state index in [0.717, 1.165) is 18.8 Å². The zero-order valence-corrected chi connectivity index (χ0v) is 9.62. The van der Waals surface area contributed by atoms with Crippen LogP contribution in [0.4, 0.5) is 0 Å². The smallest absolute Gasteiger partial charge is 0.151 e. The summed E-state index contributed by atoms with van der Waals surface area (Å²) in [5.74, 6) is 0. The number of rotatable bonds is 1. The van der Waals surface area contributed by atoms with Crippen LogP contribution >= 0.6 is 11.6 Å². The molecule has 0 radical (unpaired) electrons. The summed E-state index contributed by atoms with van der Waals surface area (Å²) in [4.78, 5) is 6.58. The minimum atomic E-state index is 0.560. The van der Waals surface area contributed by atoms with Crippen molar-refractivity contribution in [3.05, 3.63) is 17.2 Å². The molecule has 0 bridgehead atoms. The first-order valence-corrected chi connectivity index (χ1v) is 5.42. The zero-order valence-electron chi connectivity index (χ0n) is 8.87. The lowest BCUT2D eigenvalue weighted by Gasteiger charge is -2.37. The summed E-state index contributed by atoms with van der Waals surface area (Å²) in [6, 6.07) is 1.12. The fourth-order valence-electron chi connectivity index (χ4n) is 2.11. The lowest BCUT2D eigenvalue weighted by molar-refractivity contribution is 0.115. The Bertz CT molecular complexity index is 332. The predicted molar refractivity (Wildman–Crippen MR) is 57.4 cm³/mol. The first kappa shape index (κ1) is 9.99. The molecule has 1 atom stereocenters. The van der Waals surface area contributed by atoms with Crippen LogP contribution in [0.2, 0.25) is 5.15 Å². The van der Waals surface area contributed by atoms with Crippen molar-refractivity contribution in [2.75, 3.05) is 0 Å². The molecular weight excluding hydrogens is 198 g/mol. The Labute approximate surface area is 89.7 Å². The molecule has 0 spiro atoms. The SMILES string of the molecule is CC(C)N1Cc2c(Cl)ncn2C[C@H]1C. The third-order valence-corrected chi connectivity index (χ3v) is 3.23. The van der Waals surface area contributed by atoms with Crippen molar-refractivity contribution in [1.29, 1.82) is 0 Å². The summed E-state index contributed by atoms with van der Waals surface area (Å²) >= 11 is 6.02. The zero-order chi connectivity index (χ0) is 10.3. The quantitative estimate of drug-likeness (QED) is 0.713. The van der Waals surface area contributed by atoms with E-state index < -0.39 is 0 Å². The van der Waals surface area contributed by atoms with Gasteiger partial charge in [0.25, 0.3) is 0 Å². The van der Waals surface area contributed by atoms with Crippen LogP contribution in [0, 0.1) is 0 Å².